The van der Waals surface area contributed by atoms with Crippen LogP contribution in [0.2, 0.25) is 0 Å². The Balaban J connectivity index is 2.15. The summed E-state index contributed by atoms with van der Waals surface area (Å²) in [5.41, 5.74) is 8.14. The van der Waals surface area contributed by atoms with Gasteiger partial charge in [0, 0.05) is 25.1 Å². The third-order valence-corrected chi connectivity index (χ3v) is 4.98. The lowest BCUT2D eigenvalue weighted by molar-refractivity contribution is -0.131. The predicted octanol–water partition coefficient (Wildman–Crippen LogP) is 3.62. The van der Waals surface area contributed by atoms with Crippen LogP contribution in [-0.2, 0) is 16.1 Å². The normalized spacial score (nSPS) is 13.8. The minimum atomic E-state index is -0.788. The summed E-state index contributed by atoms with van der Waals surface area (Å²) >= 11 is 0. The zero-order chi connectivity index (χ0) is 21.0. The molecule has 152 valence electrons. The van der Waals surface area contributed by atoms with Gasteiger partial charge in [-0.05, 0) is 17.5 Å². The summed E-state index contributed by atoms with van der Waals surface area (Å²) < 4.78 is 7.58. The summed E-state index contributed by atoms with van der Waals surface area (Å²) in [4.78, 5) is 21.6. The van der Waals surface area contributed by atoms with Gasteiger partial charge in [0.2, 0.25) is 5.91 Å². The van der Waals surface area contributed by atoms with E-state index in [1.54, 1.807) is 6.20 Å². The number of nitrogens with zero attached hydrogens (tertiary/aromatic N) is 3. The fraction of sp³-hybridized carbons (Fsp3) is 0.348. The summed E-state index contributed by atoms with van der Waals surface area (Å²) in [5.74, 6) is -0.0695. The molecule has 1 aromatic carbocycles. The molecule has 2 N–H and O–H groups in total. The molecule has 0 saturated heterocycles. The van der Waals surface area contributed by atoms with Crippen LogP contribution in [0.4, 0.5) is 0 Å². The Hall–Kier alpha value is -2.99. The molecule has 0 aliphatic rings. The number of hydrogen-bond acceptors (Lipinski definition) is 4. The highest BCUT2D eigenvalue weighted by atomic mass is 16.5. The highest BCUT2D eigenvalue weighted by molar-refractivity contribution is 5.80. The van der Waals surface area contributed by atoms with Crippen molar-refractivity contribution >= 4 is 5.91 Å². The van der Waals surface area contributed by atoms with Gasteiger partial charge in [-0.25, -0.2) is 4.98 Å². The minimum Gasteiger partial charge on any atom is -0.371 e. The van der Waals surface area contributed by atoms with Gasteiger partial charge in [0.05, 0.1) is 23.9 Å². The van der Waals surface area contributed by atoms with Crippen LogP contribution >= 0.6 is 0 Å². The molecule has 0 bridgehead atoms. The van der Waals surface area contributed by atoms with Gasteiger partial charge in [0.1, 0.15) is 11.9 Å². The van der Waals surface area contributed by atoms with E-state index in [2.05, 4.69) is 30.3 Å². The number of benzene rings is 1. The smallest absolute Gasteiger partial charge is 0.247 e. The molecule has 0 aliphatic carbocycles. The van der Waals surface area contributed by atoms with Crippen molar-refractivity contribution in [1.82, 2.24) is 14.5 Å². The van der Waals surface area contributed by atoms with Crippen LogP contribution in [0.1, 0.15) is 38.2 Å². The number of primary amides is 1. The first-order valence-corrected chi connectivity index (χ1v) is 9.65. The maximum absolute atomic E-state index is 12.2. The highest BCUT2D eigenvalue weighted by Gasteiger charge is 2.40. The second-order valence-corrected chi connectivity index (χ2v) is 8.20. The van der Waals surface area contributed by atoms with Gasteiger partial charge in [0.25, 0.3) is 0 Å². The Morgan fingerprint density at radius 2 is 1.83 bits per heavy atom. The summed E-state index contributed by atoms with van der Waals surface area (Å²) in [6.07, 6.45) is 2.99. The largest absolute Gasteiger partial charge is 0.371 e. The fourth-order valence-corrected chi connectivity index (χ4v) is 3.61. The van der Waals surface area contributed by atoms with E-state index in [-0.39, 0.29) is 11.3 Å². The van der Waals surface area contributed by atoms with Crippen molar-refractivity contribution in [2.75, 3.05) is 7.11 Å². The van der Waals surface area contributed by atoms with Crippen molar-refractivity contribution in [3.8, 4) is 11.3 Å². The van der Waals surface area contributed by atoms with Crippen LogP contribution in [0.25, 0.3) is 11.3 Å². The van der Waals surface area contributed by atoms with Gasteiger partial charge >= 0.3 is 0 Å². The van der Waals surface area contributed by atoms with Crippen LogP contribution in [0.5, 0.6) is 0 Å². The minimum absolute atomic E-state index is 0.309. The molecule has 0 aliphatic heterocycles. The highest BCUT2D eigenvalue weighted by Crippen LogP contribution is 2.39. The van der Waals surface area contributed by atoms with Crippen LogP contribution < -0.4 is 5.73 Å². The van der Waals surface area contributed by atoms with Crippen molar-refractivity contribution in [3.63, 3.8) is 0 Å². The van der Waals surface area contributed by atoms with Gasteiger partial charge in [-0.1, -0.05) is 57.2 Å². The molecule has 0 radical (unpaired) electrons. The number of nitrogens with two attached hydrogens (primary N) is 1. The molecule has 6 heteroatoms. The van der Waals surface area contributed by atoms with Crippen LogP contribution in [0.15, 0.2) is 60.9 Å². The van der Waals surface area contributed by atoms with Crippen LogP contribution in [-0.4, -0.2) is 33.7 Å². The van der Waals surface area contributed by atoms with Crippen molar-refractivity contribution in [1.29, 1.82) is 0 Å². The van der Waals surface area contributed by atoms with E-state index in [1.807, 2.05) is 54.7 Å². The summed E-state index contributed by atoms with van der Waals surface area (Å²) in [5, 5.41) is 0. The van der Waals surface area contributed by atoms with E-state index < -0.39 is 12.0 Å². The van der Waals surface area contributed by atoms with Gasteiger partial charge in [-0.3, -0.25) is 9.78 Å². The first-order valence-electron chi connectivity index (χ1n) is 9.65. The number of imidazole rings is 1. The van der Waals surface area contributed by atoms with E-state index in [0.717, 1.165) is 22.8 Å². The molecular formula is C23H28N4O2. The standard InChI is InChI=1S/C23H28N4O2/c1-23(2,3)19(20(29-4)21(24)28)22-26-18(16-10-6-5-7-11-16)15-27(22)14-17-12-8-9-13-25-17/h5-13,15,19-20H,14H2,1-4H3,(H2,24,28)/t19-,20?/m0/s1. The zero-order valence-corrected chi connectivity index (χ0v) is 17.4. The van der Waals surface area contributed by atoms with E-state index in [0.29, 0.717) is 6.54 Å². The maximum atomic E-state index is 12.2. The molecule has 2 atom stereocenters. The molecule has 6 nitrogen and oxygen atoms in total. The Labute approximate surface area is 171 Å². The first kappa shape index (κ1) is 20.7. The van der Waals surface area contributed by atoms with E-state index >= 15 is 0 Å². The summed E-state index contributed by atoms with van der Waals surface area (Å²) in [6, 6.07) is 15.8. The SMILES string of the molecule is COC(C(N)=O)[C@@H](c1nc(-c2ccccc2)cn1Cc1ccccn1)C(C)(C)C. The van der Waals surface area contributed by atoms with Crippen molar-refractivity contribution in [2.24, 2.45) is 11.1 Å². The number of hydrogen-bond donors (Lipinski definition) is 1. The van der Waals surface area contributed by atoms with Gasteiger partial charge < -0.3 is 15.0 Å². The number of aromatic nitrogens is 3. The lowest BCUT2D eigenvalue weighted by Gasteiger charge is -2.34. The predicted molar refractivity (Wildman–Crippen MR) is 113 cm³/mol. The maximum Gasteiger partial charge on any atom is 0.247 e. The molecule has 2 aromatic heterocycles. The topological polar surface area (TPSA) is 83.0 Å². The van der Waals surface area contributed by atoms with E-state index in [1.165, 1.54) is 7.11 Å². The molecule has 0 saturated carbocycles. The molecule has 1 unspecified atom stereocenters. The Morgan fingerprint density at radius 1 is 1.14 bits per heavy atom. The monoisotopic (exact) mass is 392 g/mol. The number of carbonyl (C=O) groups is 1. The number of pyridine rings is 1. The van der Waals surface area contributed by atoms with Crippen LogP contribution in [0, 0.1) is 5.41 Å². The molecule has 0 spiro atoms. The molecule has 2 heterocycles. The van der Waals surface area contributed by atoms with Gasteiger partial charge in [-0.2, -0.15) is 0 Å². The second kappa shape index (κ2) is 8.57. The molecule has 1 amide bonds. The second-order valence-electron chi connectivity index (χ2n) is 8.20. The average Bonchev–Trinajstić information content (AvgIpc) is 3.09. The van der Waals surface area contributed by atoms with Crippen LogP contribution in [0.3, 0.4) is 0 Å². The molecule has 3 aromatic rings. The average molecular weight is 393 g/mol. The van der Waals surface area contributed by atoms with E-state index in [4.69, 9.17) is 15.5 Å². The lowest BCUT2D eigenvalue weighted by atomic mass is 9.76. The molecule has 29 heavy (non-hydrogen) atoms. The lowest BCUT2D eigenvalue weighted by Crippen LogP contribution is -2.42. The van der Waals surface area contributed by atoms with Crippen molar-refractivity contribution in [2.45, 2.75) is 39.3 Å². The van der Waals surface area contributed by atoms with Gasteiger partial charge in [-0.15, -0.1) is 0 Å². The number of carbonyl (C=O) groups excluding carboxylic acids is 1. The number of methoxy groups -OCH3 is 1. The molecular weight excluding hydrogens is 364 g/mol. The van der Waals surface area contributed by atoms with E-state index in [9.17, 15) is 4.79 Å². The Kier molecular flexibility index (Phi) is 6.13. The number of rotatable bonds is 7. The quantitative estimate of drug-likeness (QED) is 0.666. The number of amides is 1. The fourth-order valence-electron chi connectivity index (χ4n) is 3.61. The Bertz CT molecular complexity index is 946. The number of ether oxygens (including phenoxy) is 1. The van der Waals surface area contributed by atoms with Gasteiger partial charge in [0.15, 0.2) is 0 Å². The zero-order valence-electron chi connectivity index (χ0n) is 17.4. The third-order valence-electron chi connectivity index (χ3n) is 4.98. The third kappa shape index (κ3) is 4.71. The van der Waals surface area contributed by atoms with Crippen molar-refractivity contribution in [3.05, 3.63) is 72.4 Å². The molecule has 3 rings (SSSR count). The first-order chi connectivity index (χ1) is 13.8. The van der Waals surface area contributed by atoms with Crippen molar-refractivity contribution < 1.29 is 9.53 Å². The summed E-state index contributed by atoms with van der Waals surface area (Å²) in [6.45, 7) is 6.73. The molecule has 0 fully saturated rings. The Morgan fingerprint density at radius 3 is 2.38 bits per heavy atom. The summed E-state index contributed by atoms with van der Waals surface area (Å²) in [7, 11) is 1.51.